The van der Waals surface area contributed by atoms with Crippen LogP contribution in [0.3, 0.4) is 0 Å². The number of benzene rings is 1. The number of nitrogens with zero attached hydrogens (tertiary/aromatic N) is 1. The molecule has 0 saturated carbocycles. The molecule has 1 aromatic rings. The molecule has 2 rings (SSSR count). The number of anilines is 1. The second-order valence-electron chi connectivity index (χ2n) is 4.79. The summed E-state index contributed by atoms with van der Waals surface area (Å²) in [6.07, 6.45) is 1.02. The van der Waals surface area contributed by atoms with E-state index in [4.69, 9.17) is 14.7 Å². The van der Waals surface area contributed by atoms with Crippen LogP contribution in [-0.4, -0.2) is 25.2 Å². The summed E-state index contributed by atoms with van der Waals surface area (Å²) in [5.74, 6) is 0.287. The summed E-state index contributed by atoms with van der Waals surface area (Å²) in [7, 11) is 1.60. The maximum absolute atomic E-state index is 11.9. The molecule has 0 spiro atoms. The molecule has 0 aliphatic carbocycles. The molecule has 1 aliphatic heterocycles. The zero-order valence-electron chi connectivity index (χ0n) is 11.6. The van der Waals surface area contributed by atoms with Crippen LogP contribution in [-0.2, 0) is 9.53 Å². The van der Waals surface area contributed by atoms with Gasteiger partial charge in [0.1, 0.15) is 17.9 Å². The van der Waals surface area contributed by atoms with E-state index in [2.05, 4.69) is 11.4 Å². The van der Waals surface area contributed by atoms with E-state index in [-0.39, 0.29) is 11.9 Å². The number of esters is 1. The molecule has 5 heteroatoms. The fraction of sp³-hybridized carbons (Fsp3) is 0.467. The van der Waals surface area contributed by atoms with Gasteiger partial charge in [-0.05, 0) is 30.7 Å². The lowest BCUT2D eigenvalue weighted by molar-refractivity contribution is -0.140. The Bertz CT molecular complexity index is 507. The molecule has 1 N–H and O–H groups in total. The average molecular weight is 274 g/mol. The topological polar surface area (TPSA) is 71.3 Å². The van der Waals surface area contributed by atoms with E-state index in [9.17, 15) is 4.79 Å². The minimum Gasteiger partial charge on any atom is -0.497 e. The molecule has 1 heterocycles. The maximum Gasteiger partial charge on any atom is 0.330 e. The summed E-state index contributed by atoms with van der Waals surface area (Å²) in [5.41, 5.74) is 0.812. The molecule has 106 valence electrons. The lowest BCUT2D eigenvalue weighted by atomic mass is 9.92. The van der Waals surface area contributed by atoms with Gasteiger partial charge in [-0.2, -0.15) is 5.26 Å². The molecule has 0 radical (unpaired) electrons. The van der Waals surface area contributed by atoms with Crippen LogP contribution in [0.5, 0.6) is 5.75 Å². The SMILES string of the molecule is CCC[C@@H]1[C@H](C#N)OC(=O)[C@H]1Nc1ccc(OC)cc1. The zero-order valence-corrected chi connectivity index (χ0v) is 11.6. The van der Waals surface area contributed by atoms with Gasteiger partial charge in [0.25, 0.3) is 0 Å². The molecule has 0 bridgehead atoms. The lowest BCUT2D eigenvalue weighted by Gasteiger charge is -2.18. The highest BCUT2D eigenvalue weighted by molar-refractivity contribution is 5.82. The number of carbonyl (C=O) groups is 1. The Labute approximate surface area is 118 Å². The Morgan fingerprint density at radius 1 is 1.40 bits per heavy atom. The highest BCUT2D eigenvalue weighted by Crippen LogP contribution is 2.29. The molecule has 5 nitrogen and oxygen atoms in total. The highest BCUT2D eigenvalue weighted by atomic mass is 16.6. The van der Waals surface area contributed by atoms with Gasteiger partial charge in [0.15, 0.2) is 6.10 Å². The van der Waals surface area contributed by atoms with Crippen molar-refractivity contribution in [3.05, 3.63) is 24.3 Å². The minimum atomic E-state index is -0.654. The van der Waals surface area contributed by atoms with Crippen molar-refractivity contribution in [2.24, 2.45) is 5.92 Å². The summed E-state index contributed by atoms with van der Waals surface area (Å²) in [4.78, 5) is 11.9. The van der Waals surface area contributed by atoms with Crippen molar-refractivity contribution in [3.63, 3.8) is 0 Å². The maximum atomic E-state index is 11.9. The van der Waals surface area contributed by atoms with Crippen molar-refractivity contribution in [2.75, 3.05) is 12.4 Å². The lowest BCUT2D eigenvalue weighted by Crippen LogP contribution is -2.32. The number of carbonyl (C=O) groups excluding carboxylic acids is 1. The Morgan fingerprint density at radius 2 is 2.10 bits per heavy atom. The van der Waals surface area contributed by atoms with Crippen LogP contribution in [0.2, 0.25) is 0 Å². The largest absolute Gasteiger partial charge is 0.497 e. The number of hydrogen-bond acceptors (Lipinski definition) is 5. The third kappa shape index (κ3) is 2.85. The van der Waals surface area contributed by atoms with Crippen LogP contribution in [0.25, 0.3) is 0 Å². The van der Waals surface area contributed by atoms with E-state index in [1.165, 1.54) is 0 Å². The van der Waals surface area contributed by atoms with Gasteiger partial charge >= 0.3 is 5.97 Å². The number of nitrogens with one attached hydrogen (secondary N) is 1. The first-order valence-corrected chi connectivity index (χ1v) is 6.70. The third-order valence-electron chi connectivity index (χ3n) is 3.48. The van der Waals surface area contributed by atoms with Gasteiger partial charge in [-0.15, -0.1) is 0 Å². The van der Waals surface area contributed by atoms with Crippen molar-refractivity contribution in [1.29, 1.82) is 5.26 Å². The number of hydrogen-bond donors (Lipinski definition) is 1. The minimum absolute atomic E-state index is 0.111. The average Bonchev–Trinajstić information content (AvgIpc) is 2.77. The summed E-state index contributed by atoms with van der Waals surface area (Å²) < 4.78 is 10.2. The summed E-state index contributed by atoms with van der Waals surface area (Å²) >= 11 is 0. The third-order valence-corrected chi connectivity index (χ3v) is 3.48. The van der Waals surface area contributed by atoms with E-state index < -0.39 is 12.1 Å². The first kappa shape index (κ1) is 14.2. The quantitative estimate of drug-likeness (QED) is 0.834. The van der Waals surface area contributed by atoms with E-state index in [0.717, 1.165) is 24.3 Å². The first-order valence-electron chi connectivity index (χ1n) is 6.70. The number of methoxy groups -OCH3 is 1. The van der Waals surface area contributed by atoms with Crippen LogP contribution >= 0.6 is 0 Å². The Morgan fingerprint density at radius 3 is 2.65 bits per heavy atom. The monoisotopic (exact) mass is 274 g/mol. The van der Waals surface area contributed by atoms with Gasteiger partial charge < -0.3 is 14.8 Å². The van der Waals surface area contributed by atoms with Gasteiger partial charge in [-0.1, -0.05) is 13.3 Å². The second kappa shape index (κ2) is 6.29. The normalized spacial score (nSPS) is 24.9. The molecule has 0 unspecified atom stereocenters. The molecule has 20 heavy (non-hydrogen) atoms. The van der Waals surface area contributed by atoms with Crippen LogP contribution in [0.1, 0.15) is 19.8 Å². The van der Waals surface area contributed by atoms with Crippen molar-refractivity contribution in [2.45, 2.75) is 31.9 Å². The number of nitriles is 1. The molecular weight excluding hydrogens is 256 g/mol. The first-order chi connectivity index (χ1) is 9.69. The molecule has 1 fully saturated rings. The summed E-state index contributed by atoms with van der Waals surface area (Å²) in [6, 6.07) is 8.92. The zero-order chi connectivity index (χ0) is 14.5. The fourth-order valence-corrected chi connectivity index (χ4v) is 2.44. The number of cyclic esters (lactones) is 1. The molecule has 0 amide bonds. The van der Waals surface area contributed by atoms with E-state index in [1.54, 1.807) is 7.11 Å². The number of ether oxygens (including phenoxy) is 2. The second-order valence-corrected chi connectivity index (χ2v) is 4.79. The summed E-state index contributed by atoms with van der Waals surface area (Å²) in [5, 5.41) is 12.2. The predicted octanol–water partition coefficient (Wildman–Crippen LogP) is 2.34. The van der Waals surface area contributed by atoms with Crippen LogP contribution < -0.4 is 10.1 Å². The molecule has 0 aromatic heterocycles. The van der Waals surface area contributed by atoms with Gasteiger partial charge in [-0.3, -0.25) is 0 Å². The highest BCUT2D eigenvalue weighted by Gasteiger charge is 2.44. The molecule has 1 saturated heterocycles. The Hall–Kier alpha value is -2.22. The van der Waals surface area contributed by atoms with Crippen molar-refractivity contribution < 1.29 is 14.3 Å². The van der Waals surface area contributed by atoms with Crippen LogP contribution in [0.4, 0.5) is 5.69 Å². The van der Waals surface area contributed by atoms with Crippen LogP contribution in [0, 0.1) is 17.2 Å². The predicted molar refractivity (Wildman–Crippen MR) is 74.3 cm³/mol. The smallest absolute Gasteiger partial charge is 0.330 e. The molecular formula is C15H18N2O3. The van der Waals surface area contributed by atoms with Gasteiger partial charge in [0.05, 0.1) is 7.11 Å². The van der Waals surface area contributed by atoms with Gasteiger partial charge in [0, 0.05) is 11.6 Å². The van der Waals surface area contributed by atoms with E-state index >= 15 is 0 Å². The van der Waals surface area contributed by atoms with E-state index in [0.29, 0.717) is 0 Å². The number of rotatable bonds is 5. The van der Waals surface area contributed by atoms with Crippen molar-refractivity contribution in [1.82, 2.24) is 0 Å². The van der Waals surface area contributed by atoms with Gasteiger partial charge in [0.2, 0.25) is 0 Å². The van der Waals surface area contributed by atoms with Gasteiger partial charge in [-0.25, -0.2) is 4.79 Å². The van der Waals surface area contributed by atoms with Crippen molar-refractivity contribution in [3.8, 4) is 11.8 Å². The Kier molecular flexibility index (Phi) is 4.46. The summed E-state index contributed by atoms with van der Waals surface area (Å²) in [6.45, 7) is 2.03. The Balaban J connectivity index is 2.12. The van der Waals surface area contributed by atoms with E-state index in [1.807, 2.05) is 31.2 Å². The fourth-order valence-electron chi connectivity index (χ4n) is 2.44. The molecule has 1 aromatic carbocycles. The molecule has 3 atom stereocenters. The molecule has 1 aliphatic rings. The van der Waals surface area contributed by atoms with Crippen LogP contribution in [0.15, 0.2) is 24.3 Å². The van der Waals surface area contributed by atoms with Crippen molar-refractivity contribution >= 4 is 11.7 Å². The standard InChI is InChI=1S/C15H18N2O3/c1-3-4-12-13(9-16)20-15(18)14(12)17-10-5-7-11(19-2)8-6-10/h5-8,12-14,17H,3-4H2,1-2H3/t12-,13+,14+/m1/s1.